The molecule has 0 fully saturated rings. The first kappa shape index (κ1) is 15.3. The molecule has 0 atom stereocenters. The molecule has 0 amide bonds. The molecule has 0 unspecified atom stereocenters. The molecule has 122 valence electrons. The lowest BCUT2D eigenvalue weighted by molar-refractivity contribution is 0.821. The highest BCUT2D eigenvalue weighted by atomic mass is 32.2. The summed E-state index contributed by atoms with van der Waals surface area (Å²) in [6, 6.07) is 8.66. The zero-order chi connectivity index (χ0) is 16.5. The van der Waals surface area contributed by atoms with Gasteiger partial charge in [-0.25, -0.2) is 4.98 Å². The first-order chi connectivity index (χ1) is 11.7. The van der Waals surface area contributed by atoms with Gasteiger partial charge in [-0.2, -0.15) is 9.50 Å². The number of nitrogens with zero attached hydrogens (tertiary/aromatic N) is 5. The van der Waals surface area contributed by atoms with Crippen LogP contribution in [0.25, 0.3) is 16.3 Å². The Morgan fingerprint density at radius 1 is 1.21 bits per heavy atom. The lowest BCUT2D eigenvalue weighted by Gasteiger charge is -2.05. The number of nitrogens with one attached hydrogen (secondary N) is 1. The number of benzene rings is 1. The van der Waals surface area contributed by atoms with Gasteiger partial charge >= 0.3 is 0 Å². The highest BCUT2D eigenvalue weighted by molar-refractivity contribution is 7.98. The molecule has 1 N–H and O–H groups in total. The molecule has 6 nitrogen and oxygen atoms in total. The lowest BCUT2D eigenvalue weighted by Crippen LogP contribution is -1.89. The second-order valence-electron chi connectivity index (χ2n) is 5.71. The minimum atomic E-state index is 0.546. The van der Waals surface area contributed by atoms with Crippen LogP contribution in [0.3, 0.4) is 0 Å². The van der Waals surface area contributed by atoms with E-state index in [0.29, 0.717) is 11.7 Å². The van der Waals surface area contributed by atoms with Gasteiger partial charge in [0.15, 0.2) is 0 Å². The number of hydrogen-bond donors (Lipinski definition) is 1. The molecule has 0 radical (unpaired) electrons. The van der Waals surface area contributed by atoms with Crippen LogP contribution in [0.5, 0.6) is 0 Å². The van der Waals surface area contributed by atoms with Gasteiger partial charge in [-0.1, -0.05) is 49.9 Å². The van der Waals surface area contributed by atoms with Crippen molar-refractivity contribution in [3.63, 3.8) is 0 Å². The first-order valence-corrected chi connectivity index (χ1v) is 9.49. The van der Waals surface area contributed by atoms with Crippen molar-refractivity contribution in [2.24, 2.45) is 0 Å². The van der Waals surface area contributed by atoms with Gasteiger partial charge in [0.1, 0.15) is 11.3 Å². The van der Waals surface area contributed by atoms with Crippen LogP contribution in [-0.4, -0.2) is 29.8 Å². The number of rotatable bonds is 5. The molecular weight excluding hydrogens is 340 g/mol. The Kier molecular flexibility index (Phi) is 4.07. The van der Waals surface area contributed by atoms with Crippen molar-refractivity contribution >= 4 is 28.9 Å². The van der Waals surface area contributed by atoms with Gasteiger partial charge in [-0.3, -0.25) is 5.10 Å². The third kappa shape index (κ3) is 2.94. The van der Waals surface area contributed by atoms with E-state index in [2.05, 4.69) is 63.8 Å². The third-order valence-corrected chi connectivity index (χ3v) is 5.61. The Morgan fingerprint density at radius 3 is 2.83 bits per heavy atom. The maximum Gasteiger partial charge on any atom is 0.272 e. The van der Waals surface area contributed by atoms with Crippen molar-refractivity contribution in [1.29, 1.82) is 0 Å². The Labute approximate surface area is 147 Å². The smallest absolute Gasteiger partial charge is 0.272 e. The molecular formula is C16H16N6S2. The molecule has 0 saturated heterocycles. The topological polar surface area (TPSA) is 71.8 Å². The van der Waals surface area contributed by atoms with Crippen LogP contribution in [0.2, 0.25) is 0 Å². The highest BCUT2D eigenvalue weighted by Crippen LogP contribution is 2.28. The number of H-pyrrole nitrogens is 1. The molecule has 0 saturated carbocycles. The zero-order valence-corrected chi connectivity index (χ0v) is 14.9. The fourth-order valence-corrected chi connectivity index (χ4v) is 4.07. The Hall–Kier alpha value is -2.19. The molecule has 0 aliphatic rings. The Morgan fingerprint density at radius 2 is 2.04 bits per heavy atom. The van der Waals surface area contributed by atoms with E-state index in [1.165, 1.54) is 11.1 Å². The van der Waals surface area contributed by atoms with E-state index in [4.69, 9.17) is 4.98 Å². The Balaban J connectivity index is 1.47. The van der Waals surface area contributed by atoms with Crippen molar-refractivity contribution in [3.05, 3.63) is 47.2 Å². The fraction of sp³-hybridized carbons (Fsp3) is 0.250. The summed E-state index contributed by atoms with van der Waals surface area (Å²) in [7, 11) is 0. The molecule has 0 spiro atoms. The van der Waals surface area contributed by atoms with Gasteiger partial charge in [0.05, 0.1) is 5.69 Å². The van der Waals surface area contributed by atoms with E-state index in [-0.39, 0.29) is 0 Å². The summed E-state index contributed by atoms with van der Waals surface area (Å²) in [6.07, 6.45) is 1.61. The van der Waals surface area contributed by atoms with Crippen LogP contribution in [0, 0.1) is 0 Å². The summed E-state index contributed by atoms with van der Waals surface area (Å²) < 4.78 is 1.77. The number of thioether (sulfide) groups is 1. The van der Waals surface area contributed by atoms with Crippen LogP contribution >= 0.6 is 23.1 Å². The normalized spacial score (nSPS) is 11.6. The largest absolute Gasteiger partial charge is 0.278 e. The second kappa shape index (κ2) is 6.37. The van der Waals surface area contributed by atoms with Crippen molar-refractivity contribution in [2.45, 2.75) is 30.7 Å². The molecule has 8 heteroatoms. The standard InChI is InChI=1S/C16H16N6S2/c1-10(2)11-3-5-12(6-4-11)14-19-13(7-23-14)8-24-16-21-20-15-17-9-18-22(15)16/h3-7,9-10H,8H2,1-2H3,(H,17,18,20). The molecule has 4 aromatic rings. The van der Waals surface area contributed by atoms with Crippen LogP contribution in [0.4, 0.5) is 0 Å². The summed E-state index contributed by atoms with van der Waals surface area (Å²) in [5.41, 5.74) is 3.56. The van der Waals surface area contributed by atoms with Gasteiger partial charge in [0.25, 0.3) is 5.78 Å². The number of thiazole rings is 1. The predicted octanol–water partition coefficient (Wildman–Crippen LogP) is 3.99. The average molecular weight is 356 g/mol. The average Bonchev–Trinajstić information content (AvgIpc) is 3.30. The maximum atomic E-state index is 4.74. The highest BCUT2D eigenvalue weighted by Gasteiger charge is 2.10. The predicted molar refractivity (Wildman–Crippen MR) is 96.3 cm³/mol. The molecule has 0 aliphatic carbocycles. The summed E-state index contributed by atoms with van der Waals surface area (Å²) in [5.74, 6) is 1.88. The summed E-state index contributed by atoms with van der Waals surface area (Å²) in [5, 5.41) is 15.1. The van der Waals surface area contributed by atoms with Gasteiger partial charge in [0.2, 0.25) is 5.16 Å². The van der Waals surface area contributed by atoms with Crippen LogP contribution < -0.4 is 0 Å². The zero-order valence-electron chi connectivity index (χ0n) is 13.3. The van der Waals surface area contributed by atoms with E-state index in [1.54, 1.807) is 33.9 Å². The molecule has 1 aromatic carbocycles. The number of hydrogen-bond acceptors (Lipinski definition) is 6. The lowest BCUT2D eigenvalue weighted by atomic mass is 10.0. The minimum Gasteiger partial charge on any atom is -0.278 e. The van der Waals surface area contributed by atoms with Gasteiger partial charge in [-0.05, 0) is 11.5 Å². The van der Waals surface area contributed by atoms with Crippen molar-refractivity contribution in [2.75, 3.05) is 0 Å². The van der Waals surface area contributed by atoms with E-state index in [0.717, 1.165) is 21.6 Å². The van der Waals surface area contributed by atoms with Crippen molar-refractivity contribution in [3.8, 4) is 10.6 Å². The SMILES string of the molecule is CC(C)c1ccc(-c2nc(CSc3nnc4nc[nH]n34)cs2)cc1. The first-order valence-electron chi connectivity index (χ1n) is 7.63. The fourth-order valence-electron chi connectivity index (χ4n) is 2.35. The molecule has 4 rings (SSSR count). The summed E-state index contributed by atoms with van der Waals surface area (Å²) >= 11 is 3.26. The number of aromatic nitrogens is 6. The molecule has 0 aliphatic heterocycles. The summed E-state index contributed by atoms with van der Waals surface area (Å²) in [4.78, 5) is 8.80. The van der Waals surface area contributed by atoms with Crippen LogP contribution in [0.15, 0.2) is 41.1 Å². The monoisotopic (exact) mass is 356 g/mol. The van der Waals surface area contributed by atoms with E-state index in [1.807, 2.05) is 0 Å². The Bertz CT molecular complexity index is 950. The van der Waals surface area contributed by atoms with E-state index >= 15 is 0 Å². The van der Waals surface area contributed by atoms with Gasteiger partial charge in [-0.15, -0.1) is 21.5 Å². The number of aromatic amines is 1. The van der Waals surface area contributed by atoms with Gasteiger partial charge in [0, 0.05) is 16.7 Å². The maximum absolute atomic E-state index is 4.74. The van der Waals surface area contributed by atoms with E-state index < -0.39 is 0 Å². The summed E-state index contributed by atoms with van der Waals surface area (Å²) in [6.45, 7) is 4.41. The van der Waals surface area contributed by atoms with Crippen molar-refractivity contribution in [1.82, 2.24) is 29.8 Å². The molecule has 0 bridgehead atoms. The molecule has 24 heavy (non-hydrogen) atoms. The molecule has 3 aromatic heterocycles. The van der Waals surface area contributed by atoms with Crippen LogP contribution in [0.1, 0.15) is 31.0 Å². The van der Waals surface area contributed by atoms with Crippen molar-refractivity contribution < 1.29 is 0 Å². The van der Waals surface area contributed by atoms with Gasteiger partial charge < -0.3 is 0 Å². The quantitative estimate of drug-likeness (QED) is 0.547. The van der Waals surface area contributed by atoms with E-state index in [9.17, 15) is 0 Å². The minimum absolute atomic E-state index is 0.546. The second-order valence-corrected chi connectivity index (χ2v) is 7.52. The number of fused-ring (bicyclic) bond motifs is 1. The van der Waals surface area contributed by atoms with Crippen LogP contribution in [-0.2, 0) is 5.75 Å². The third-order valence-electron chi connectivity index (χ3n) is 3.71. The molecule has 3 heterocycles.